The van der Waals surface area contributed by atoms with Crippen molar-refractivity contribution in [2.75, 3.05) is 0 Å². The fraction of sp³-hybridized carbons (Fsp3) is 0.0526. The lowest BCUT2D eigenvalue weighted by Gasteiger charge is -2.22. The summed E-state index contributed by atoms with van der Waals surface area (Å²) in [4.78, 5) is 26.2. The SMILES string of the molecule is NNC(=O)c1c(C(=O)O)ccc2ccc3c(c12)Cc1ccccc1S3. The van der Waals surface area contributed by atoms with Crippen LogP contribution < -0.4 is 11.3 Å². The minimum absolute atomic E-state index is 0.0484. The third kappa shape index (κ3) is 2.47. The van der Waals surface area contributed by atoms with Crippen LogP contribution in [0.5, 0.6) is 0 Å². The van der Waals surface area contributed by atoms with Crippen molar-refractivity contribution < 1.29 is 14.7 Å². The number of hydrogen-bond donors (Lipinski definition) is 3. The van der Waals surface area contributed by atoms with E-state index in [0.717, 1.165) is 21.4 Å². The summed E-state index contributed by atoms with van der Waals surface area (Å²) >= 11 is 1.63. The van der Waals surface area contributed by atoms with Gasteiger partial charge < -0.3 is 5.11 Å². The van der Waals surface area contributed by atoms with Crippen LogP contribution in [-0.4, -0.2) is 17.0 Å². The molecule has 0 spiro atoms. The average Bonchev–Trinajstić information content (AvgIpc) is 2.64. The van der Waals surface area contributed by atoms with Crippen LogP contribution in [0.3, 0.4) is 0 Å². The number of benzene rings is 3. The summed E-state index contributed by atoms with van der Waals surface area (Å²) in [6.45, 7) is 0. The molecule has 1 heterocycles. The van der Waals surface area contributed by atoms with E-state index in [1.807, 2.05) is 30.3 Å². The Bertz CT molecular complexity index is 1050. The highest BCUT2D eigenvalue weighted by Gasteiger charge is 2.25. The first-order valence-corrected chi connectivity index (χ1v) is 8.50. The topological polar surface area (TPSA) is 92.4 Å². The first-order valence-electron chi connectivity index (χ1n) is 7.68. The molecule has 4 N–H and O–H groups in total. The van der Waals surface area contributed by atoms with Gasteiger partial charge in [0.05, 0.1) is 11.1 Å². The molecule has 1 amide bonds. The number of nitrogens with two attached hydrogens (primary N) is 1. The molecule has 3 aromatic rings. The molecular weight excluding hydrogens is 336 g/mol. The summed E-state index contributed by atoms with van der Waals surface area (Å²) in [6, 6.07) is 15.2. The molecule has 0 radical (unpaired) electrons. The van der Waals surface area contributed by atoms with Gasteiger partial charge in [-0.2, -0.15) is 0 Å². The van der Waals surface area contributed by atoms with Crippen LogP contribution in [0.25, 0.3) is 10.8 Å². The van der Waals surface area contributed by atoms with Gasteiger partial charge in [-0.3, -0.25) is 10.2 Å². The monoisotopic (exact) mass is 350 g/mol. The zero-order valence-corrected chi connectivity index (χ0v) is 13.9. The van der Waals surface area contributed by atoms with Gasteiger partial charge in [0.1, 0.15) is 0 Å². The Morgan fingerprint density at radius 3 is 2.56 bits per heavy atom. The maximum absolute atomic E-state index is 12.4. The number of nitrogens with one attached hydrogen (secondary N) is 1. The van der Waals surface area contributed by atoms with Crippen LogP contribution in [0.15, 0.2) is 58.3 Å². The second-order valence-electron chi connectivity index (χ2n) is 5.79. The number of hydrazine groups is 1. The number of amides is 1. The highest BCUT2D eigenvalue weighted by Crippen LogP contribution is 2.43. The molecule has 0 saturated carbocycles. The molecule has 0 fully saturated rings. The summed E-state index contributed by atoms with van der Waals surface area (Å²) < 4.78 is 0. The van der Waals surface area contributed by atoms with E-state index in [9.17, 15) is 14.7 Å². The third-order valence-corrected chi connectivity index (χ3v) is 5.62. The zero-order valence-electron chi connectivity index (χ0n) is 13.1. The summed E-state index contributed by atoms with van der Waals surface area (Å²) in [5.41, 5.74) is 4.27. The van der Waals surface area contributed by atoms with Gasteiger partial charge in [-0.25, -0.2) is 10.6 Å². The van der Waals surface area contributed by atoms with Gasteiger partial charge >= 0.3 is 5.97 Å². The predicted molar refractivity (Wildman–Crippen MR) is 95.9 cm³/mol. The largest absolute Gasteiger partial charge is 0.478 e. The van der Waals surface area contributed by atoms with Gasteiger partial charge in [0.25, 0.3) is 5.91 Å². The first kappa shape index (κ1) is 15.7. The molecule has 5 nitrogen and oxygen atoms in total. The van der Waals surface area contributed by atoms with Gasteiger partial charge in [0.2, 0.25) is 0 Å². The summed E-state index contributed by atoms with van der Waals surface area (Å²) in [7, 11) is 0. The van der Waals surface area contributed by atoms with E-state index in [4.69, 9.17) is 5.84 Å². The molecule has 3 aromatic carbocycles. The number of hydrogen-bond acceptors (Lipinski definition) is 4. The van der Waals surface area contributed by atoms with Crippen LogP contribution in [0, 0.1) is 0 Å². The maximum Gasteiger partial charge on any atom is 0.336 e. The Kier molecular flexibility index (Phi) is 3.71. The molecule has 124 valence electrons. The maximum atomic E-state index is 12.4. The quantitative estimate of drug-likeness (QED) is 0.293. The van der Waals surface area contributed by atoms with Gasteiger partial charge in [0, 0.05) is 16.2 Å². The number of fused-ring (bicyclic) bond motifs is 4. The molecule has 1 aliphatic heterocycles. The summed E-state index contributed by atoms with van der Waals surface area (Å²) in [6.07, 6.45) is 0.643. The van der Waals surface area contributed by atoms with E-state index in [0.29, 0.717) is 11.8 Å². The Hall–Kier alpha value is -2.83. The van der Waals surface area contributed by atoms with E-state index in [-0.39, 0.29) is 11.1 Å². The van der Waals surface area contributed by atoms with Gasteiger partial charge in [-0.1, -0.05) is 42.1 Å². The Balaban J connectivity index is 2.06. The van der Waals surface area contributed by atoms with Crippen molar-refractivity contribution in [2.45, 2.75) is 16.2 Å². The van der Waals surface area contributed by atoms with Gasteiger partial charge in [-0.15, -0.1) is 0 Å². The predicted octanol–water partition coefficient (Wildman–Crippen LogP) is 3.20. The molecule has 0 atom stereocenters. The standard InChI is InChI=1S/C19H14N2O3S/c20-21-18(22)17-12(19(23)24)7-5-10-6-8-15-13(16(10)17)9-11-3-1-2-4-14(11)25-15/h1-8H,9,20H2,(H,21,22)(H,23,24). The van der Waals surface area contributed by atoms with E-state index in [2.05, 4.69) is 11.5 Å². The number of carboxylic acids is 1. The fourth-order valence-electron chi connectivity index (χ4n) is 3.29. The molecule has 4 rings (SSSR count). The molecule has 1 aliphatic rings. The minimum atomic E-state index is -1.15. The van der Waals surface area contributed by atoms with E-state index < -0.39 is 11.9 Å². The molecule has 0 bridgehead atoms. The van der Waals surface area contributed by atoms with Crippen molar-refractivity contribution in [1.82, 2.24) is 5.43 Å². The van der Waals surface area contributed by atoms with Crippen molar-refractivity contribution in [3.63, 3.8) is 0 Å². The number of aromatic carboxylic acids is 1. The number of carbonyl (C=O) groups is 2. The lowest BCUT2D eigenvalue weighted by atomic mass is 9.91. The second kappa shape index (κ2) is 5.91. The Morgan fingerprint density at radius 1 is 1.04 bits per heavy atom. The van der Waals surface area contributed by atoms with Crippen LogP contribution >= 0.6 is 11.8 Å². The third-order valence-electron chi connectivity index (χ3n) is 4.40. The number of carboxylic acid groups (broad SMARTS) is 1. The first-order chi connectivity index (χ1) is 12.1. The summed E-state index contributed by atoms with van der Waals surface area (Å²) in [5.74, 6) is 3.57. The molecule has 6 heteroatoms. The van der Waals surface area contributed by atoms with Crippen molar-refractivity contribution in [3.05, 3.63) is 70.8 Å². The molecule has 0 aromatic heterocycles. The van der Waals surface area contributed by atoms with Crippen LogP contribution in [0.4, 0.5) is 0 Å². The Morgan fingerprint density at radius 2 is 1.80 bits per heavy atom. The highest BCUT2D eigenvalue weighted by molar-refractivity contribution is 7.99. The smallest absolute Gasteiger partial charge is 0.336 e. The van der Waals surface area contributed by atoms with Crippen molar-refractivity contribution in [1.29, 1.82) is 0 Å². The number of nitrogen functional groups attached to an aromatic ring is 1. The van der Waals surface area contributed by atoms with Gasteiger partial charge in [0.15, 0.2) is 0 Å². The van der Waals surface area contributed by atoms with Crippen LogP contribution in [0.2, 0.25) is 0 Å². The van der Waals surface area contributed by atoms with E-state index in [1.54, 1.807) is 17.8 Å². The van der Waals surface area contributed by atoms with E-state index >= 15 is 0 Å². The highest BCUT2D eigenvalue weighted by atomic mass is 32.2. The number of carbonyl (C=O) groups excluding carboxylic acids is 1. The number of rotatable bonds is 2. The van der Waals surface area contributed by atoms with Gasteiger partial charge in [-0.05, 0) is 40.1 Å². The lowest BCUT2D eigenvalue weighted by molar-refractivity contribution is 0.0691. The van der Waals surface area contributed by atoms with E-state index in [1.165, 1.54) is 11.0 Å². The fourth-order valence-corrected chi connectivity index (χ4v) is 4.38. The minimum Gasteiger partial charge on any atom is -0.478 e. The van der Waals surface area contributed by atoms with Crippen molar-refractivity contribution >= 4 is 34.4 Å². The molecule has 0 unspecified atom stereocenters. The molecule has 25 heavy (non-hydrogen) atoms. The second-order valence-corrected chi connectivity index (χ2v) is 6.88. The normalized spacial score (nSPS) is 12.4. The lowest BCUT2D eigenvalue weighted by Crippen LogP contribution is -2.31. The average molecular weight is 350 g/mol. The van der Waals surface area contributed by atoms with Crippen LogP contribution in [-0.2, 0) is 6.42 Å². The van der Waals surface area contributed by atoms with Crippen molar-refractivity contribution in [3.8, 4) is 0 Å². The van der Waals surface area contributed by atoms with Crippen LogP contribution in [0.1, 0.15) is 31.8 Å². The molecular formula is C19H14N2O3S. The van der Waals surface area contributed by atoms with Crippen molar-refractivity contribution in [2.24, 2.45) is 5.84 Å². The Labute approximate surface area is 147 Å². The molecule has 0 aliphatic carbocycles. The summed E-state index contributed by atoms with van der Waals surface area (Å²) in [5, 5.41) is 11.0. The molecule has 0 saturated heterocycles. The zero-order chi connectivity index (χ0) is 17.6.